The van der Waals surface area contributed by atoms with E-state index < -0.39 is 0 Å². The van der Waals surface area contributed by atoms with Crippen LogP contribution in [0.15, 0.2) is 66.9 Å². The van der Waals surface area contributed by atoms with Gasteiger partial charge >= 0.3 is 0 Å². The van der Waals surface area contributed by atoms with Crippen molar-refractivity contribution >= 4 is 22.4 Å². The molecular weight excluding hydrogens is 270 g/mol. The van der Waals surface area contributed by atoms with Gasteiger partial charge in [0.15, 0.2) is 5.82 Å². The standard InChI is InChI=1S/C19H17N3/c1-2-20-19-18-12-15(14-8-4-3-5-9-14)13-22(18)17-11-7-6-10-16(17)21-19/h3-13H,2H2,1H3,(H,20,21). The molecule has 0 amide bonds. The summed E-state index contributed by atoms with van der Waals surface area (Å²) in [6.07, 6.45) is 2.19. The zero-order valence-electron chi connectivity index (χ0n) is 12.5. The largest absolute Gasteiger partial charge is 0.369 e. The van der Waals surface area contributed by atoms with Gasteiger partial charge in [-0.15, -0.1) is 0 Å². The van der Waals surface area contributed by atoms with Gasteiger partial charge in [0.05, 0.1) is 16.6 Å². The van der Waals surface area contributed by atoms with Crippen LogP contribution in [0.1, 0.15) is 6.92 Å². The molecule has 0 unspecified atom stereocenters. The van der Waals surface area contributed by atoms with Crippen molar-refractivity contribution in [3.8, 4) is 11.1 Å². The van der Waals surface area contributed by atoms with Crippen LogP contribution in [0.4, 0.5) is 5.82 Å². The second-order valence-corrected chi connectivity index (χ2v) is 5.33. The summed E-state index contributed by atoms with van der Waals surface area (Å²) < 4.78 is 2.22. The maximum absolute atomic E-state index is 4.77. The maximum atomic E-state index is 4.77. The van der Waals surface area contributed by atoms with Crippen molar-refractivity contribution in [3.63, 3.8) is 0 Å². The smallest absolute Gasteiger partial charge is 0.151 e. The van der Waals surface area contributed by atoms with Crippen LogP contribution in [-0.2, 0) is 0 Å². The number of hydrogen-bond acceptors (Lipinski definition) is 2. The Morgan fingerprint density at radius 3 is 2.50 bits per heavy atom. The molecule has 3 heteroatoms. The van der Waals surface area contributed by atoms with Crippen molar-refractivity contribution in [2.75, 3.05) is 11.9 Å². The molecule has 0 bridgehead atoms. The summed E-state index contributed by atoms with van der Waals surface area (Å²) in [5, 5.41) is 3.38. The van der Waals surface area contributed by atoms with E-state index in [-0.39, 0.29) is 0 Å². The lowest BCUT2D eigenvalue weighted by atomic mass is 10.1. The molecule has 0 fully saturated rings. The fourth-order valence-electron chi connectivity index (χ4n) is 2.87. The highest BCUT2D eigenvalue weighted by Crippen LogP contribution is 2.29. The number of benzene rings is 2. The maximum Gasteiger partial charge on any atom is 0.151 e. The lowest BCUT2D eigenvalue weighted by Gasteiger charge is -2.08. The van der Waals surface area contributed by atoms with Crippen molar-refractivity contribution < 1.29 is 0 Å². The van der Waals surface area contributed by atoms with E-state index in [1.165, 1.54) is 11.1 Å². The van der Waals surface area contributed by atoms with Crippen molar-refractivity contribution in [1.29, 1.82) is 0 Å². The van der Waals surface area contributed by atoms with Gasteiger partial charge in [-0.05, 0) is 30.7 Å². The number of aromatic nitrogens is 2. The lowest BCUT2D eigenvalue weighted by Crippen LogP contribution is -2.02. The number of hydrogen-bond donors (Lipinski definition) is 1. The Morgan fingerprint density at radius 1 is 0.909 bits per heavy atom. The molecule has 0 aliphatic heterocycles. The molecule has 4 rings (SSSR count). The molecule has 2 aromatic heterocycles. The third-order valence-electron chi connectivity index (χ3n) is 3.89. The highest BCUT2D eigenvalue weighted by Gasteiger charge is 2.10. The molecule has 2 heterocycles. The molecule has 3 nitrogen and oxygen atoms in total. The van der Waals surface area contributed by atoms with Gasteiger partial charge in [-0.3, -0.25) is 0 Å². The SMILES string of the molecule is CCNc1nc2ccccc2n2cc(-c3ccccc3)cc12. The Hall–Kier alpha value is -2.81. The fraction of sp³-hybridized carbons (Fsp3) is 0.105. The summed E-state index contributed by atoms with van der Waals surface area (Å²) in [7, 11) is 0. The van der Waals surface area contributed by atoms with Crippen LogP contribution in [0.25, 0.3) is 27.7 Å². The average molecular weight is 287 g/mol. The molecule has 22 heavy (non-hydrogen) atoms. The average Bonchev–Trinajstić information content (AvgIpc) is 3.02. The molecule has 0 radical (unpaired) electrons. The minimum atomic E-state index is 0.854. The lowest BCUT2D eigenvalue weighted by molar-refractivity contribution is 1.15. The summed E-state index contributed by atoms with van der Waals surface area (Å²) in [6, 6.07) is 20.9. The molecule has 0 saturated carbocycles. The zero-order chi connectivity index (χ0) is 14.9. The first-order chi connectivity index (χ1) is 10.9. The van der Waals surface area contributed by atoms with E-state index in [0.717, 1.165) is 28.9 Å². The van der Waals surface area contributed by atoms with E-state index in [2.05, 4.69) is 71.4 Å². The minimum absolute atomic E-state index is 0.854. The van der Waals surface area contributed by atoms with Gasteiger partial charge in [-0.2, -0.15) is 0 Å². The molecule has 0 atom stereocenters. The van der Waals surface area contributed by atoms with E-state index in [1.54, 1.807) is 0 Å². The van der Waals surface area contributed by atoms with E-state index in [9.17, 15) is 0 Å². The normalized spacial score (nSPS) is 11.1. The van der Waals surface area contributed by atoms with Crippen LogP contribution in [0, 0.1) is 0 Å². The van der Waals surface area contributed by atoms with E-state index in [0.29, 0.717) is 0 Å². The van der Waals surface area contributed by atoms with Crippen molar-refractivity contribution in [2.45, 2.75) is 6.92 Å². The number of anilines is 1. The first-order valence-corrected chi connectivity index (χ1v) is 7.57. The topological polar surface area (TPSA) is 29.3 Å². The van der Waals surface area contributed by atoms with E-state index >= 15 is 0 Å². The molecule has 0 aliphatic carbocycles. The zero-order valence-corrected chi connectivity index (χ0v) is 12.5. The summed E-state index contributed by atoms with van der Waals surface area (Å²) in [5.41, 5.74) is 5.66. The van der Waals surface area contributed by atoms with Crippen molar-refractivity contribution in [2.24, 2.45) is 0 Å². The molecule has 4 aromatic rings. The second kappa shape index (κ2) is 5.19. The summed E-state index contributed by atoms with van der Waals surface area (Å²) >= 11 is 0. The van der Waals surface area contributed by atoms with Crippen LogP contribution < -0.4 is 5.32 Å². The van der Waals surface area contributed by atoms with Gasteiger partial charge < -0.3 is 9.72 Å². The number of rotatable bonds is 3. The molecule has 0 spiro atoms. The fourth-order valence-corrected chi connectivity index (χ4v) is 2.87. The minimum Gasteiger partial charge on any atom is -0.369 e. The quantitative estimate of drug-likeness (QED) is 0.597. The van der Waals surface area contributed by atoms with Gasteiger partial charge in [-0.1, -0.05) is 42.5 Å². The van der Waals surface area contributed by atoms with Crippen LogP contribution in [0.5, 0.6) is 0 Å². The third kappa shape index (κ3) is 2.02. The number of nitrogens with zero attached hydrogens (tertiary/aromatic N) is 2. The van der Waals surface area contributed by atoms with Crippen LogP contribution in [-0.4, -0.2) is 15.9 Å². The van der Waals surface area contributed by atoms with Crippen LogP contribution in [0.2, 0.25) is 0 Å². The number of nitrogens with one attached hydrogen (secondary N) is 1. The van der Waals surface area contributed by atoms with Gasteiger partial charge in [0.2, 0.25) is 0 Å². The highest BCUT2D eigenvalue weighted by atomic mass is 15.0. The number of para-hydroxylation sites is 2. The predicted molar refractivity (Wildman–Crippen MR) is 92.3 cm³/mol. The van der Waals surface area contributed by atoms with Gasteiger partial charge in [0.25, 0.3) is 0 Å². The van der Waals surface area contributed by atoms with Crippen molar-refractivity contribution in [1.82, 2.24) is 9.38 Å². The van der Waals surface area contributed by atoms with Gasteiger partial charge in [0, 0.05) is 18.3 Å². The van der Waals surface area contributed by atoms with Gasteiger partial charge in [0.1, 0.15) is 0 Å². The molecule has 0 saturated heterocycles. The monoisotopic (exact) mass is 287 g/mol. The predicted octanol–water partition coefficient (Wildman–Crippen LogP) is 4.59. The second-order valence-electron chi connectivity index (χ2n) is 5.33. The van der Waals surface area contributed by atoms with Crippen LogP contribution in [0.3, 0.4) is 0 Å². The Bertz CT molecular complexity index is 939. The number of fused-ring (bicyclic) bond motifs is 3. The first-order valence-electron chi connectivity index (χ1n) is 7.57. The van der Waals surface area contributed by atoms with E-state index in [1.807, 2.05) is 12.1 Å². The molecule has 108 valence electrons. The Kier molecular flexibility index (Phi) is 3.04. The summed E-state index contributed by atoms with van der Waals surface area (Å²) in [5.74, 6) is 0.934. The molecular formula is C19H17N3. The highest BCUT2D eigenvalue weighted by molar-refractivity contribution is 5.87. The molecule has 0 aliphatic rings. The van der Waals surface area contributed by atoms with Crippen molar-refractivity contribution in [3.05, 3.63) is 66.9 Å². The Morgan fingerprint density at radius 2 is 1.68 bits per heavy atom. The first kappa shape index (κ1) is 12.9. The summed E-state index contributed by atoms with van der Waals surface area (Å²) in [4.78, 5) is 4.77. The molecule has 1 N–H and O–H groups in total. The summed E-state index contributed by atoms with van der Waals surface area (Å²) in [6.45, 7) is 2.95. The third-order valence-corrected chi connectivity index (χ3v) is 3.89. The Labute approximate surface area is 129 Å². The van der Waals surface area contributed by atoms with E-state index in [4.69, 9.17) is 4.98 Å². The Balaban J connectivity index is 2.04. The molecule has 2 aromatic carbocycles. The van der Waals surface area contributed by atoms with Crippen LogP contribution >= 0.6 is 0 Å². The van der Waals surface area contributed by atoms with Gasteiger partial charge in [-0.25, -0.2) is 4.98 Å².